The van der Waals surface area contributed by atoms with Gasteiger partial charge in [0.1, 0.15) is 6.04 Å². The normalized spacial score (nSPS) is 20.9. The molecule has 5 amide bonds. The number of likely N-dealkylation sites (tertiary alicyclic amines) is 1. The number of amides is 5. The average molecular weight is 889 g/mol. The van der Waals surface area contributed by atoms with E-state index in [1.807, 2.05) is 14.5 Å². The van der Waals surface area contributed by atoms with Crippen molar-refractivity contribution in [3.63, 3.8) is 0 Å². The molecule has 6 aliphatic rings. The molecule has 64 heavy (non-hydrogen) atoms. The monoisotopic (exact) mass is 888 g/mol. The molecule has 1 unspecified atom stereocenters. The van der Waals surface area contributed by atoms with Gasteiger partial charge in [0, 0.05) is 100.0 Å². The number of imide groups is 2. The van der Waals surface area contributed by atoms with E-state index in [-0.39, 0.29) is 61.1 Å². The summed E-state index contributed by atoms with van der Waals surface area (Å²) in [6.45, 7) is 1.25. The fraction of sp³-hybridized carbons (Fsp3) is 0.477. The summed E-state index contributed by atoms with van der Waals surface area (Å²) in [6.07, 6.45) is -1.13. The lowest BCUT2D eigenvalue weighted by Crippen LogP contribution is -2.54. The summed E-state index contributed by atoms with van der Waals surface area (Å²) in [7, 11) is 1.72. The molecule has 1 N–H and O–H groups in total. The lowest BCUT2D eigenvalue weighted by molar-refractivity contribution is -0.147. The summed E-state index contributed by atoms with van der Waals surface area (Å²) in [5.41, 5.74) is 5.68. The Labute approximate surface area is 363 Å². The van der Waals surface area contributed by atoms with Gasteiger partial charge in [-0.15, -0.1) is 0 Å². The molecule has 2 saturated heterocycles. The van der Waals surface area contributed by atoms with Crippen molar-refractivity contribution in [3.8, 4) is 11.1 Å². The number of carbonyl (C=O) groups is 5. The molecular weight excluding hydrogens is 844 g/mol. The van der Waals surface area contributed by atoms with Gasteiger partial charge < -0.3 is 9.80 Å². The number of nitrogens with zero attached hydrogens (tertiary/aromatic N) is 9. The van der Waals surface area contributed by atoms with Gasteiger partial charge in [0.15, 0.2) is 5.82 Å². The lowest BCUT2D eigenvalue weighted by Gasteiger charge is -2.34. The van der Waals surface area contributed by atoms with Crippen LogP contribution in [0.5, 0.6) is 0 Å². The van der Waals surface area contributed by atoms with Crippen LogP contribution < -0.4 is 10.2 Å². The van der Waals surface area contributed by atoms with Crippen LogP contribution in [0.25, 0.3) is 11.1 Å². The molecule has 2 aromatic heterocycles. The third-order valence-corrected chi connectivity index (χ3v) is 13.5. The van der Waals surface area contributed by atoms with Crippen LogP contribution in [0, 0.1) is 0 Å². The molecule has 4 aromatic rings. The van der Waals surface area contributed by atoms with Crippen LogP contribution in [0.4, 0.5) is 33.5 Å². The zero-order valence-electron chi connectivity index (χ0n) is 35.0. The van der Waals surface area contributed by atoms with E-state index in [4.69, 9.17) is 5.10 Å². The predicted octanol–water partition coefficient (Wildman–Crippen LogP) is 4.81. The predicted molar refractivity (Wildman–Crippen MR) is 218 cm³/mol. The Kier molecular flexibility index (Phi) is 10.4. The van der Waals surface area contributed by atoms with Gasteiger partial charge in [0.05, 0.1) is 36.5 Å². The smallest absolute Gasteiger partial charge is 0.341 e. The number of rotatable bonds is 8. The van der Waals surface area contributed by atoms with Crippen LogP contribution in [-0.2, 0) is 53.9 Å². The van der Waals surface area contributed by atoms with Crippen molar-refractivity contribution >= 4 is 41.0 Å². The molecule has 0 saturated carbocycles. The van der Waals surface area contributed by atoms with Gasteiger partial charge in [0.2, 0.25) is 17.7 Å². The maximum atomic E-state index is 14.7. The van der Waals surface area contributed by atoms with Crippen LogP contribution >= 0.6 is 0 Å². The van der Waals surface area contributed by atoms with Crippen molar-refractivity contribution in [2.24, 2.45) is 7.05 Å². The van der Waals surface area contributed by atoms with E-state index in [9.17, 15) is 45.9 Å². The van der Waals surface area contributed by atoms with Gasteiger partial charge in [-0.1, -0.05) is 0 Å². The third kappa shape index (κ3) is 7.52. The maximum absolute atomic E-state index is 14.7. The molecule has 10 rings (SSSR count). The van der Waals surface area contributed by atoms with E-state index in [0.29, 0.717) is 93.0 Å². The van der Waals surface area contributed by atoms with Crippen molar-refractivity contribution in [1.82, 2.24) is 44.5 Å². The number of nitrogens with one attached hydrogen (secondary N) is 1. The highest BCUT2D eigenvalue weighted by atomic mass is 19.4. The van der Waals surface area contributed by atoms with Gasteiger partial charge in [-0.25, -0.2) is 8.78 Å². The van der Waals surface area contributed by atoms with Crippen LogP contribution in [0.2, 0.25) is 0 Å². The van der Waals surface area contributed by atoms with Gasteiger partial charge in [-0.2, -0.15) is 23.4 Å². The number of aryl methyl sites for hydroxylation is 2. The first kappa shape index (κ1) is 42.0. The Morgan fingerprint density at radius 3 is 2.19 bits per heavy atom. The van der Waals surface area contributed by atoms with E-state index in [0.717, 1.165) is 27.3 Å². The standard InChI is InChI=1S/C44H45F5N10O5/c1-53-18-27(17-50-53)29-13-24-3-2-9-57(36(24)16-30(29)39(45)46)40-33-21-54(23-44(47,48)49)10-8-34(33)59(52-40)28-6-11-56(12-7-28)38(61)22-55-19-25-14-31-32(15-26(25)20-55)43(64)58(42(31)63)35-4-5-37(60)51-41(35)62/h13-18,28,35,39H,2-12,19-23H2,1H3,(H,51,60,62). The van der Waals surface area contributed by atoms with Crippen molar-refractivity contribution in [2.45, 2.75) is 89.3 Å². The minimum Gasteiger partial charge on any atom is -0.341 e. The Morgan fingerprint density at radius 2 is 1.55 bits per heavy atom. The molecule has 20 heteroatoms. The SMILES string of the molecule is Cn1cc(-c2cc3c(cc2C(F)F)N(c2nn(C4CCN(C(=O)CN5Cc6cc7c(cc6C5)C(=O)N(C5CCC(=O)NC5=O)C7=O)CC4)c4c2CN(CC(F)(F)F)CC4)CCC3)cn1. The quantitative estimate of drug-likeness (QED) is 0.193. The average Bonchev–Trinajstić information content (AvgIpc) is 4.02. The molecule has 6 aliphatic heterocycles. The number of hydrogen-bond donors (Lipinski definition) is 1. The molecule has 1 atom stereocenters. The largest absolute Gasteiger partial charge is 0.401 e. The zero-order chi connectivity index (χ0) is 44.8. The highest BCUT2D eigenvalue weighted by Gasteiger charge is 2.46. The summed E-state index contributed by atoms with van der Waals surface area (Å²) in [5.74, 6) is -1.92. The summed E-state index contributed by atoms with van der Waals surface area (Å²) in [5, 5.41) is 11.5. The van der Waals surface area contributed by atoms with Crippen molar-refractivity contribution in [1.29, 1.82) is 0 Å². The van der Waals surface area contributed by atoms with Gasteiger partial charge >= 0.3 is 6.18 Å². The van der Waals surface area contributed by atoms with E-state index in [1.165, 1.54) is 11.0 Å². The van der Waals surface area contributed by atoms with Crippen LogP contribution in [-0.4, -0.2) is 120 Å². The number of hydrogen-bond acceptors (Lipinski definition) is 10. The van der Waals surface area contributed by atoms with E-state index >= 15 is 0 Å². The zero-order valence-corrected chi connectivity index (χ0v) is 35.0. The Morgan fingerprint density at radius 1 is 0.844 bits per heavy atom. The second-order valence-electron chi connectivity index (χ2n) is 17.7. The number of alkyl halides is 5. The number of anilines is 2. The molecule has 15 nitrogen and oxygen atoms in total. The Bertz CT molecular complexity index is 2570. The van der Waals surface area contributed by atoms with E-state index in [2.05, 4.69) is 10.4 Å². The second kappa shape index (κ2) is 15.9. The number of benzene rings is 2. The van der Waals surface area contributed by atoms with Gasteiger partial charge in [-0.05, 0) is 78.6 Å². The van der Waals surface area contributed by atoms with Crippen LogP contribution in [0.15, 0.2) is 36.7 Å². The Hall–Kier alpha value is -6.02. The highest BCUT2D eigenvalue weighted by molar-refractivity contribution is 6.23. The maximum Gasteiger partial charge on any atom is 0.401 e. The first-order valence-electron chi connectivity index (χ1n) is 21.6. The molecule has 2 fully saturated rings. The molecule has 0 aliphatic carbocycles. The van der Waals surface area contributed by atoms with Crippen LogP contribution in [0.1, 0.15) is 98.8 Å². The number of aromatic nitrogens is 4. The van der Waals surface area contributed by atoms with Gasteiger partial charge in [-0.3, -0.25) is 53.4 Å². The van der Waals surface area contributed by atoms with Gasteiger partial charge in [0.25, 0.3) is 18.2 Å². The fourth-order valence-corrected chi connectivity index (χ4v) is 10.5. The Balaban J connectivity index is 0.845. The number of fused-ring (bicyclic) bond motifs is 4. The minimum absolute atomic E-state index is 0.00440. The summed E-state index contributed by atoms with van der Waals surface area (Å²) in [4.78, 5) is 72.6. The first-order valence-corrected chi connectivity index (χ1v) is 21.6. The minimum atomic E-state index is -4.41. The summed E-state index contributed by atoms with van der Waals surface area (Å²) >= 11 is 0. The first-order chi connectivity index (χ1) is 30.6. The number of piperidine rings is 2. The molecule has 8 heterocycles. The van der Waals surface area contributed by atoms with Crippen molar-refractivity contribution < 1.29 is 45.9 Å². The molecule has 0 radical (unpaired) electrons. The third-order valence-electron chi connectivity index (χ3n) is 13.5. The molecule has 0 spiro atoms. The van der Waals surface area contributed by atoms with Crippen molar-refractivity contribution in [3.05, 3.63) is 81.3 Å². The molecule has 336 valence electrons. The van der Waals surface area contributed by atoms with E-state index < -0.39 is 48.8 Å². The number of carbonyl (C=O) groups excluding carboxylic acids is 5. The van der Waals surface area contributed by atoms with E-state index in [1.54, 1.807) is 47.2 Å². The molecule has 2 aromatic carbocycles. The fourth-order valence-electron chi connectivity index (χ4n) is 10.5. The molecule has 0 bridgehead atoms. The summed E-state index contributed by atoms with van der Waals surface area (Å²) in [6, 6.07) is 5.39. The van der Waals surface area contributed by atoms with Crippen molar-refractivity contribution in [2.75, 3.05) is 44.2 Å². The highest BCUT2D eigenvalue weighted by Crippen LogP contribution is 2.44. The lowest BCUT2D eigenvalue weighted by atomic mass is 9.92. The number of halogens is 5. The second-order valence-corrected chi connectivity index (χ2v) is 17.7. The summed E-state index contributed by atoms with van der Waals surface area (Å²) < 4.78 is 74.0. The van der Waals surface area contributed by atoms with Crippen LogP contribution in [0.3, 0.4) is 0 Å². The topological polar surface area (TPSA) is 149 Å². The molecular formula is C44H45F5N10O5.